The fourth-order valence-corrected chi connectivity index (χ4v) is 4.25. The summed E-state index contributed by atoms with van der Waals surface area (Å²) in [6.45, 7) is 3.07. The Morgan fingerprint density at radius 3 is 2.96 bits per heavy atom. The summed E-state index contributed by atoms with van der Waals surface area (Å²) >= 11 is 1.23. The highest BCUT2D eigenvalue weighted by molar-refractivity contribution is 7.18. The third-order valence-electron chi connectivity index (χ3n) is 4.70. The summed E-state index contributed by atoms with van der Waals surface area (Å²) in [5, 5.41) is 14.8. The second-order valence-corrected chi connectivity index (χ2v) is 7.78. The van der Waals surface area contributed by atoms with Gasteiger partial charge in [-0.05, 0) is 43.5 Å². The van der Waals surface area contributed by atoms with E-state index in [4.69, 9.17) is 4.42 Å². The van der Waals surface area contributed by atoms with Crippen molar-refractivity contribution >= 4 is 28.2 Å². The van der Waals surface area contributed by atoms with Gasteiger partial charge in [0, 0.05) is 13.0 Å². The fraction of sp³-hybridized carbons (Fsp3) is 0.368. The van der Waals surface area contributed by atoms with Gasteiger partial charge in [0.15, 0.2) is 11.6 Å². The Labute approximate surface area is 166 Å². The molecule has 0 unspecified atom stereocenters. The molecule has 1 aliphatic rings. The average molecular weight is 399 g/mol. The highest BCUT2D eigenvalue weighted by Crippen LogP contribution is 2.27. The number of nitrogens with zero attached hydrogens (tertiary/aromatic N) is 3. The first-order valence-corrected chi connectivity index (χ1v) is 10.1. The highest BCUT2D eigenvalue weighted by atomic mass is 32.1. The molecule has 0 spiro atoms. The van der Waals surface area contributed by atoms with Crippen molar-refractivity contribution in [1.29, 1.82) is 0 Å². The lowest BCUT2D eigenvalue weighted by Gasteiger charge is -2.08. The molecule has 2 amide bonds. The maximum absolute atomic E-state index is 12.6. The Morgan fingerprint density at radius 1 is 1.25 bits per heavy atom. The smallest absolute Gasteiger partial charge is 0.291 e. The summed E-state index contributed by atoms with van der Waals surface area (Å²) in [4.78, 5) is 25.3. The van der Waals surface area contributed by atoms with Crippen LogP contribution in [0.15, 0.2) is 28.9 Å². The van der Waals surface area contributed by atoms with Crippen LogP contribution in [0.5, 0.6) is 0 Å². The van der Waals surface area contributed by atoms with Crippen molar-refractivity contribution in [2.45, 2.75) is 45.7 Å². The second-order valence-electron chi connectivity index (χ2n) is 6.73. The van der Waals surface area contributed by atoms with Gasteiger partial charge in [-0.15, -0.1) is 21.5 Å². The molecule has 0 radical (unpaired) electrons. The van der Waals surface area contributed by atoms with Crippen molar-refractivity contribution in [2.24, 2.45) is 0 Å². The van der Waals surface area contributed by atoms with Crippen LogP contribution in [0.1, 0.15) is 56.7 Å². The number of hydrogen-bond donors (Lipinski definition) is 2. The van der Waals surface area contributed by atoms with Crippen LogP contribution >= 0.6 is 11.3 Å². The van der Waals surface area contributed by atoms with Gasteiger partial charge >= 0.3 is 0 Å². The normalized spacial score (nSPS) is 13.6. The lowest BCUT2D eigenvalue weighted by molar-refractivity contribution is 0.0951. The van der Waals surface area contributed by atoms with Crippen molar-refractivity contribution in [1.82, 2.24) is 20.1 Å². The fourth-order valence-electron chi connectivity index (χ4n) is 3.27. The zero-order valence-electron chi connectivity index (χ0n) is 15.5. The first-order valence-electron chi connectivity index (χ1n) is 9.26. The van der Waals surface area contributed by atoms with E-state index in [0.717, 1.165) is 43.0 Å². The van der Waals surface area contributed by atoms with Gasteiger partial charge in [0.25, 0.3) is 11.8 Å². The summed E-state index contributed by atoms with van der Waals surface area (Å²) in [6.07, 6.45) is 5.80. The summed E-state index contributed by atoms with van der Waals surface area (Å²) in [5.41, 5.74) is 0.803. The summed E-state index contributed by atoms with van der Waals surface area (Å²) in [7, 11) is 0. The largest absolute Gasteiger partial charge is 0.459 e. The predicted molar refractivity (Wildman–Crippen MR) is 104 cm³/mol. The monoisotopic (exact) mass is 399 g/mol. The molecule has 28 heavy (non-hydrogen) atoms. The molecule has 0 aliphatic carbocycles. The predicted octanol–water partition coefficient (Wildman–Crippen LogP) is 3.15. The Balaban J connectivity index is 1.41. The number of anilines is 1. The van der Waals surface area contributed by atoms with Gasteiger partial charge in [0.2, 0.25) is 0 Å². The van der Waals surface area contributed by atoms with Gasteiger partial charge in [-0.1, -0.05) is 6.42 Å². The summed E-state index contributed by atoms with van der Waals surface area (Å²) in [6, 6.07) is 5.02. The Morgan fingerprint density at radius 2 is 2.14 bits per heavy atom. The van der Waals surface area contributed by atoms with E-state index in [9.17, 15) is 9.59 Å². The van der Waals surface area contributed by atoms with E-state index in [1.165, 1.54) is 24.0 Å². The molecule has 0 saturated heterocycles. The van der Waals surface area contributed by atoms with E-state index in [-0.39, 0.29) is 17.6 Å². The number of fused-ring (bicyclic) bond motifs is 1. The molecular formula is C19H21N5O3S. The van der Waals surface area contributed by atoms with Crippen LogP contribution in [0.3, 0.4) is 0 Å². The molecule has 1 aliphatic heterocycles. The van der Waals surface area contributed by atoms with Crippen molar-refractivity contribution in [3.05, 3.63) is 52.3 Å². The van der Waals surface area contributed by atoms with Crippen LogP contribution < -0.4 is 10.6 Å². The number of carbonyl (C=O) groups excluding carboxylic acids is 2. The lowest BCUT2D eigenvalue weighted by Crippen LogP contribution is -2.24. The molecule has 0 saturated carbocycles. The summed E-state index contributed by atoms with van der Waals surface area (Å²) in [5.74, 6) is 1.48. The average Bonchev–Trinajstić information content (AvgIpc) is 3.38. The van der Waals surface area contributed by atoms with E-state index in [1.54, 1.807) is 18.2 Å². The number of aryl methyl sites for hydroxylation is 2. The van der Waals surface area contributed by atoms with E-state index < -0.39 is 0 Å². The minimum absolute atomic E-state index is 0.188. The number of carbonyl (C=O) groups is 2. The maximum Gasteiger partial charge on any atom is 0.291 e. The minimum Gasteiger partial charge on any atom is -0.459 e. The number of rotatable bonds is 5. The molecule has 0 aromatic carbocycles. The van der Waals surface area contributed by atoms with E-state index >= 15 is 0 Å². The third kappa shape index (κ3) is 3.84. The van der Waals surface area contributed by atoms with Crippen LogP contribution in [-0.2, 0) is 19.5 Å². The van der Waals surface area contributed by atoms with E-state index in [2.05, 4.69) is 25.4 Å². The van der Waals surface area contributed by atoms with Crippen LogP contribution in [0.4, 0.5) is 5.00 Å². The molecule has 4 rings (SSSR count). The zero-order valence-corrected chi connectivity index (χ0v) is 16.3. The SMILES string of the molecule is Cc1cc(NC(=O)c2ccco2)sc1C(=O)NCc1nnc2n1CCCCC2. The van der Waals surface area contributed by atoms with Crippen LogP contribution in [0, 0.1) is 6.92 Å². The number of thiophene rings is 1. The number of hydrogen-bond acceptors (Lipinski definition) is 6. The minimum atomic E-state index is -0.343. The van der Waals surface area contributed by atoms with Gasteiger partial charge in [-0.3, -0.25) is 9.59 Å². The van der Waals surface area contributed by atoms with Crippen LogP contribution in [-0.4, -0.2) is 26.6 Å². The molecule has 3 aromatic heterocycles. The van der Waals surface area contributed by atoms with Gasteiger partial charge in [0.05, 0.1) is 22.7 Å². The van der Waals surface area contributed by atoms with Crippen LogP contribution in [0.25, 0.3) is 0 Å². The van der Waals surface area contributed by atoms with Gasteiger partial charge in [-0.25, -0.2) is 0 Å². The zero-order chi connectivity index (χ0) is 19.5. The maximum atomic E-state index is 12.6. The van der Waals surface area contributed by atoms with Gasteiger partial charge < -0.3 is 19.6 Å². The topological polar surface area (TPSA) is 102 Å². The molecular weight excluding hydrogens is 378 g/mol. The third-order valence-corrected chi connectivity index (χ3v) is 5.85. The van der Waals surface area contributed by atoms with Crippen molar-refractivity contribution in [3.8, 4) is 0 Å². The number of nitrogens with one attached hydrogen (secondary N) is 2. The standard InChI is InChI=1S/C19H21N5O3S/c1-12-10-16(21-18(25)13-6-5-9-27-13)28-17(12)19(26)20-11-15-23-22-14-7-3-2-4-8-24(14)15/h5-6,9-10H,2-4,7-8,11H2,1H3,(H,20,26)(H,21,25). The molecule has 2 N–H and O–H groups in total. The molecule has 8 nitrogen and oxygen atoms in total. The van der Waals surface area contributed by atoms with Gasteiger partial charge in [0.1, 0.15) is 5.82 Å². The van der Waals surface area contributed by atoms with Crippen molar-refractivity contribution in [2.75, 3.05) is 5.32 Å². The molecule has 0 bridgehead atoms. The molecule has 146 valence electrons. The van der Waals surface area contributed by atoms with E-state index in [1.807, 2.05) is 6.92 Å². The molecule has 9 heteroatoms. The molecule has 0 fully saturated rings. The quantitative estimate of drug-likeness (QED) is 0.686. The molecule has 0 atom stereocenters. The van der Waals surface area contributed by atoms with Crippen molar-refractivity contribution < 1.29 is 14.0 Å². The van der Waals surface area contributed by atoms with E-state index in [0.29, 0.717) is 16.4 Å². The highest BCUT2D eigenvalue weighted by Gasteiger charge is 2.19. The van der Waals surface area contributed by atoms with Gasteiger partial charge in [-0.2, -0.15) is 0 Å². The second kappa shape index (κ2) is 7.97. The molecule has 3 aromatic rings. The Bertz CT molecular complexity index is 990. The lowest BCUT2D eigenvalue weighted by atomic mass is 10.2. The number of aromatic nitrogens is 3. The number of furan rings is 1. The number of amides is 2. The summed E-state index contributed by atoms with van der Waals surface area (Å²) < 4.78 is 7.20. The molecule has 4 heterocycles. The Kier molecular flexibility index (Phi) is 5.25. The van der Waals surface area contributed by atoms with Crippen molar-refractivity contribution in [3.63, 3.8) is 0 Å². The first-order chi connectivity index (χ1) is 13.6. The van der Waals surface area contributed by atoms with Crippen LogP contribution in [0.2, 0.25) is 0 Å². The first kappa shape index (κ1) is 18.4. The Hall–Kier alpha value is -2.94.